The number of hydrogen-bond acceptors (Lipinski definition) is 5. The van der Waals surface area contributed by atoms with Crippen LogP contribution in [0, 0.1) is 12.7 Å². The van der Waals surface area contributed by atoms with E-state index in [0.717, 1.165) is 34.7 Å². The van der Waals surface area contributed by atoms with Gasteiger partial charge in [-0.1, -0.05) is 30.3 Å². The van der Waals surface area contributed by atoms with Gasteiger partial charge in [0.15, 0.2) is 0 Å². The van der Waals surface area contributed by atoms with Crippen LogP contribution in [-0.4, -0.2) is 30.6 Å². The van der Waals surface area contributed by atoms with Gasteiger partial charge in [0.05, 0.1) is 10.7 Å². The number of halogens is 1. The normalized spacial score (nSPS) is 15.5. The molecule has 1 aromatic heterocycles. The molecule has 3 aromatic rings. The molecule has 7 heteroatoms. The lowest BCUT2D eigenvalue weighted by Gasteiger charge is -2.37. The predicted molar refractivity (Wildman–Crippen MR) is 128 cm³/mol. The third-order valence-electron chi connectivity index (χ3n) is 5.88. The van der Waals surface area contributed by atoms with Crippen LogP contribution < -0.4 is 10.1 Å². The van der Waals surface area contributed by atoms with Crippen molar-refractivity contribution in [1.29, 1.82) is 0 Å². The molecule has 0 bridgehead atoms. The largest absolute Gasteiger partial charge is 0.487 e. The first-order valence-corrected chi connectivity index (χ1v) is 11.8. The number of aromatic nitrogens is 1. The molecule has 5 nitrogen and oxygen atoms in total. The zero-order valence-electron chi connectivity index (χ0n) is 18.6. The highest BCUT2D eigenvalue weighted by molar-refractivity contribution is 7.09. The van der Waals surface area contributed by atoms with E-state index in [1.54, 1.807) is 29.5 Å². The summed E-state index contributed by atoms with van der Waals surface area (Å²) in [5.41, 5.74) is 2.46. The predicted octanol–water partition coefficient (Wildman–Crippen LogP) is 5.05. The third-order valence-corrected chi connectivity index (χ3v) is 6.71. The fourth-order valence-electron chi connectivity index (χ4n) is 3.99. The maximum absolute atomic E-state index is 13.4. The number of benzene rings is 2. The highest BCUT2D eigenvalue weighted by Crippen LogP contribution is 2.34. The van der Waals surface area contributed by atoms with E-state index in [1.807, 2.05) is 36.6 Å². The average Bonchev–Trinajstić information content (AvgIpc) is 3.26. The van der Waals surface area contributed by atoms with Crippen molar-refractivity contribution in [3.8, 4) is 5.75 Å². The van der Waals surface area contributed by atoms with Crippen LogP contribution in [0.25, 0.3) is 6.08 Å². The minimum absolute atomic E-state index is 0.187. The fourth-order valence-corrected chi connectivity index (χ4v) is 4.59. The Morgan fingerprint density at radius 2 is 1.97 bits per heavy atom. The van der Waals surface area contributed by atoms with Gasteiger partial charge >= 0.3 is 0 Å². The van der Waals surface area contributed by atoms with Gasteiger partial charge in [-0.15, -0.1) is 11.3 Å². The standard InChI is InChI=1S/C26H27FN2O3S/c1-19-29-23(17-33-19)16-32-24-5-3-2-4-20(24)6-11-25(30)28-18-26(12-14-31-15-13-26)21-7-9-22(27)10-8-21/h2-11,17H,12-16,18H2,1H3,(H,28,30)/b11-6+. The minimum atomic E-state index is -0.265. The first-order chi connectivity index (χ1) is 16.0. The Morgan fingerprint density at radius 3 is 2.70 bits per heavy atom. The van der Waals surface area contributed by atoms with Gasteiger partial charge in [0.25, 0.3) is 0 Å². The number of nitrogens with one attached hydrogen (secondary N) is 1. The van der Waals surface area contributed by atoms with Crippen LogP contribution in [0.2, 0.25) is 0 Å². The molecule has 2 aromatic carbocycles. The highest BCUT2D eigenvalue weighted by atomic mass is 32.1. The van der Waals surface area contributed by atoms with Gasteiger partial charge in [-0.2, -0.15) is 0 Å². The van der Waals surface area contributed by atoms with Crippen LogP contribution in [0.15, 0.2) is 60.0 Å². The van der Waals surface area contributed by atoms with Crippen LogP contribution in [0.1, 0.15) is 34.7 Å². The summed E-state index contributed by atoms with van der Waals surface area (Å²) in [6.45, 7) is 4.04. The summed E-state index contributed by atoms with van der Waals surface area (Å²) in [7, 11) is 0. The van der Waals surface area contributed by atoms with E-state index in [-0.39, 0.29) is 17.1 Å². The molecule has 1 aliphatic rings. The molecule has 1 amide bonds. The van der Waals surface area contributed by atoms with E-state index in [9.17, 15) is 9.18 Å². The number of amides is 1. The minimum Gasteiger partial charge on any atom is -0.487 e. The van der Waals surface area contributed by atoms with Gasteiger partial charge < -0.3 is 14.8 Å². The molecule has 1 fully saturated rings. The maximum Gasteiger partial charge on any atom is 0.244 e. The van der Waals surface area contributed by atoms with Crippen molar-refractivity contribution in [2.45, 2.75) is 31.8 Å². The number of thiazole rings is 1. The second-order valence-corrected chi connectivity index (χ2v) is 9.20. The third kappa shape index (κ3) is 6.06. The van der Waals surface area contributed by atoms with E-state index >= 15 is 0 Å². The van der Waals surface area contributed by atoms with Crippen molar-refractivity contribution in [1.82, 2.24) is 10.3 Å². The zero-order valence-corrected chi connectivity index (χ0v) is 19.4. The summed E-state index contributed by atoms with van der Waals surface area (Å²) in [5, 5.41) is 6.01. The molecule has 0 unspecified atom stereocenters. The van der Waals surface area contributed by atoms with Crippen LogP contribution in [-0.2, 0) is 21.6 Å². The van der Waals surface area contributed by atoms with Gasteiger partial charge in [0, 0.05) is 42.2 Å². The van der Waals surface area contributed by atoms with E-state index in [0.29, 0.717) is 32.1 Å². The summed E-state index contributed by atoms with van der Waals surface area (Å²) in [6, 6.07) is 14.1. The van der Waals surface area contributed by atoms with Crippen molar-refractivity contribution in [2.24, 2.45) is 0 Å². The molecule has 0 radical (unpaired) electrons. The number of para-hydroxylation sites is 1. The van der Waals surface area contributed by atoms with E-state index in [1.165, 1.54) is 18.2 Å². The van der Waals surface area contributed by atoms with Crippen molar-refractivity contribution in [3.63, 3.8) is 0 Å². The van der Waals surface area contributed by atoms with Crippen molar-refractivity contribution >= 4 is 23.3 Å². The van der Waals surface area contributed by atoms with Crippen LogP contribution in [0.5, 0.6) is 5.75 Å². The van der Waals surface area contributed by atoms with Crippen molar-refractivity contribution in [2.75, 3.05) is 19.8 Å². The molecule has 1 saturated heterocycles. The quantitative estimate of drug-likeness (QED) is 0.472. The Morgan fingerprint density at radius 1 is 1.21 bits per heavy atom. The lowest BCUT2D eigenvalue weighted by molar-refractivity contribution is -0.116. The summed E-state index contributed by atoms with van der Waals surface area (Å²) in [5.74, 6) is 0.242. The molecule has 172 valence electrons. The molecule has 0 atom stereocenters. The van der Waals surface area contributed by atoms with Gasteiger partial charge in [-0.05, 0) is 49.6 Å². The average molecular weight is 467 g/mol. The lowest BCUT2D eigenvalue weighted by Crippen LogP contribution is -2.44. The van der Waals surface area contributed by atoms with Gasteiger partial charge in [-0.3, -0.25) is 4.79 Å². The molecule has 0 aliphatic carbocycles. The molecular weight excluding hydrogens is 439 g/mol. The molecule has 0 saturated carbocycles. The van der Waals surface area contributed by atoms with E-state index in [4.69, 9.17) is 9.47 Å². The van der Waals surface area contributed by atoms with E-state index in [2.05, 4.69) is 10.3 Å². The molecule has 4 rings (SSSR count). The zero-order chi connectivity index (χ0) is 23.1. The first-order valence-electron chi connectivity index (χ1n) is 11.0. The van der Waals surface area contributed by atoms with Crippen LogP contribution >= 0.6 is 11.3 Å². The highest BCUT2D eigenvalue weighted by Gasteiger charge is 2.34. The Labute approximate surface area is 197 Å². The van der Waals surface area contributed by atoms with Crippen LogP contribution in [0.3, 0.4) is 0 Å². The number of aryl methyl sites for hydroxylation is 1. The number of hydrogen-bond donors (Lipinski definition) is 1. The van der Waals surface area contributed by atoms with Crippen molar-refractivity contribution < 1.29 is 18.7 Å². The monoisotopic (exact) mass is 466 g/mol. The molecule has 2 heterocycles. The number of carbonyl (C=O) groups is 1. The number of rotatable bonds is 8. The molecule has 1 aliphatic heterocycles. The van der Waals surface area contributed by atoms with Crippen LogP contribution in [0.4, 0.5) is 4.39 Å². The Kier molecular flexibility index (Phi) is 7.52. The van der Waals surface area contributed by atoms with Crippen molar-refractivity contribution in [3.05, 3.63) is 87.6 Å². The second kappa shape index (κ2) is 10.7. The molecular formula is C26H27FN2O3S. The number of nitrogens with zero attached hydrogens (tertiary/aromatic N) is 1. The molecule has 0 spiro atoms. The Balaban J connectivity index is 1.40. The fraction of sp³-hybridized carbons (Fsp3) is 0.308. The summed E-state index contributed by atoms with van der Waals surface area (Å²) >= 11 is 1.59. The molecule has 1 N–H and O–H groups in total. The SMILES string of the molecule is Cc1nc(COc2ccccc2/C=C/C(=O)NCC2(c3ccc(F)cc3)CCOCC2)cs1. The summed E-state index contributed by atoms with van der Waals surface area (Å²) in [6.07, 6.45) is 4.82. The summed E-state index contributed by atoms with van der Waals surface area (Å²) in [4.78, 5) is 17.1. The van der Waals surface area contributed by atoms with Gasteiger partial charge in [0.1, 0.15) is 18.2 Å². The number of ether oxygens (including phenoxy) is 2. The smallest absolute Gasteiger partial charge is 0.244 e. The molecule has 33 heavy (non-hydrogen) atoms. The second-order valence-electron chi connectivity index (χ2n) is 8.14. The maximum atomic E-state index is 13.4. The number of carbonyl (C=O) groups excluding carboxylic acids is 1. The van der Waals surface area contributed by atoms with E-state index < -0.39 is 0 Å². The Hall–Kier alpha value is -3.03. The first kappa shape index (κ1) is 23.1. The lowest BCUT2D eigenvalue weighted by atomic mass is 9.74. The van der Waals surface area contributed by atoms with Gasteiger partial charge in [0.2, 0.25) is 5.91 Å². The Bertz CT molecular complexity index is 1100. The summed E-state index contributed by atoms with van der Waals surface area (Å²) < 4.78 is 24.9. The topological polar surface area (TPSA) is 60.5 Å². The van der Waals surface area contributed by atoms with Gasteiger partial charge in [-0.25, -0.2) is 9.37 Å².